The molecule has 0 aliphatic carbocycles. The van der Waals surface area contributed by atoms with E-state index in [1.54, 1.807) is 36.7 Å². The number of carbonyl (C=O) groups is 1. The standard InChI is InChI=1S/C15H11N5O2S/c21-14(22)12-6-2-1-4-10(12)9-17-20-13(18-19-15(20)23)11-5-3-7-16-8-11/h1-9H,(H,19,23)(H,21,22)/b17-9-. The number of benzene rings is 1. The maximum absolute atomic E-state index is 11.2. The van der Waals surface area contributed by atoms with Crippen LogP contribution in [0.25, 0.3) is 11.4 Å². The number of pyridine rings is 1. The van der Waals surface area contributed by atoms with Gasteiger partial charge in [-0.1, -0.05) is 18.2 Å². The van der Waals surface area contributed by atoms with Gasteiger partial charge in [-0.25, -0.2) is 9.89 Å². The van der Waals surface area contributed by atoms with Crippen molar-refractivity contribution in [2.24, 2.45) is 5.10 Å². The second-order valence-electron chi connectivity index (χ2n) is 4.54. The highest BCUT2D eigenvalue weighted by Crippen LogP contribution is 2.15. The lowest BCUT2D eigenvalue weighted by Gasteiger charge is -2.02. The number of carboxylic acids is 1. The summed E-state index contributed by atoms with van der Waals surface area (Å²) in [5.74, 6) is -0.525. The van der Waals surface area contributed by atoms with Crippen molar-refractivity contribution in [1.82, 2.24) is 19.9 Å². The number of aromatic nitrogens is 4. The van der Waals surface area contributed by atoms with Gasteiger partial charge in [-0.3, -0.25) is 4.98 Å². The number of nitrogens with one attached hydrogen (secondary N) is 1. The molecule has 3 rings (SSSR count). The van der Waals surface area contributed by atoms with Gasteiger partial charge < -0.3 is 5.11 Å². The molecule has 2 aromatic heterocycles. The fourth-order valence-electron chi connectivity index (χ4n) is 2.00. The van der Waals surface area contributed by atoms with Crippen LogP contribution in [0.4, 0.5) is 0 Å². The largest absolute Gasteiger partial charge is 0.478 e. The summed E-state index contributed by atoms with van der Waals surface area (Å²) >= 11 is 5.17. The Morgan fingerprint density at radius 1 is 1.30 bits per heavy atom. The first-order valence-corrected chi connectivity index (χ1v) is 7.02. The van der Waals surface area contributed by atoms with E-state index in [0.29, 0.717) is 16.2 Å². The van der Waals surface area contributed by atoms with E-state index in [2.05, 4.69) is 20.3 Å². The third kappa shape index (κ3) is 3.06. The smallest absolute Gasteiger partial charge is 0.336 e. The molecule has 7 nitrogen and oxygen atoms in total. The van der Waals surface area contributed by atoms with E-state index in [1.807, 2.05) is 6.07 Å². The Kier molecular flexibility index (Phi) is 4.07. The van der Waals surface area contributed by atoms with Crippen LogP contribution in [-0.2, 0) is 0 Å². The maximum Gasteiger partial charge on any atom is 0.336 e. The summed E-state index contributed by atoms with van der Waals surface area (Å²) in [6.45, 7) is 0. The molecule has 3 aromatic rings. The molecule has 0 aliphatic heterocycles. The van der Waals surface area contributed by atoms with E-state index in [1.165, 1.54) is 17.0 Å². The first-order chi connectivity index (χ1) is 11.2. The van der Waals surface area contributed by atoms with E-state index >= 15 is 0 Å². The molecule has 2 heterocycles. The third-order valence-corrected chi connectivity index (χ3v) is 3.34. The van der Waals surface area contributed by atoms with Crippen molar-refractivity contribution in [2.45, 2.75) is 0 Å². The Hall–Kier alpha value is -3.13. The van der Waals surface area contributed by atoms with Gasteiger partial charge in [0.1, 0.15) is 0 Å². The van der Waals surface area contributed by atoms with Gasteiger partial charge in [-0.05, 0) is 30.4 Å². The molecule has 0 saturated carbocycles. The molecule has 0 atom stereocenters. The first kappa shape index (κ1) is 14.8. The minimum Gasteiger partial charge on any atom is -0.478 e. The quantitative estimate of drug-likeness (QED) is 0.568. The van der Waals surface area contributed by atoms with Gasteiger partial charge in [0, 0.05) is 23.5 Å². The monoisotopic (exact) mass is 325 g/mol. The predicted molar refractivity (Wildman–Crippen MR) is 87.0 cm³/mol. The molecule has 2 N–H and O–H groups in total. The molecule has 0 bridgehead atoms. The summed E-state index contributed by atoms with van der Waals surface area (Å²) in [6.07, 6.45) is 4.73. The van der Waals surface area contributed by atoms with Crippen molar-refractivity contribution >= 4 is 24.4 Å². The second kappa shape index (κ2) is 6.32. The molecular weight excluding hydrogens is 314 g/mol. The lowest BCUT2D eigenvalue weighted by atomic mass is 10.1. The predicted octanol–water partition coefficient (Wildman–Crippen LogP) is 2.58. The lowest BCUT2D eigenvalue weighted by Crippen LogP contribution is -2.02. The van der Waals surface area contributed by atoms with Crippen LogP contribution in [0.15, 0.2) is 53.9 Å². The van der Waals surface area contributed by atoms with E-state index in [4.69, 9.17) is 12.2 Å². The molecule has 114 valence electrons. The molecule has 0 aliphatic rings. The number of aromatic carboxylic acids is 1. The van der Waals surface area contributed by atoms with Crippen LogP contribution in [0.2, 0.25) is 0 Å². The van der Waals surface area contributed by atoms with Gasteiger partial charge in [-0.2, -0.15) is 14.9 Å². The van der Waals surface area contributed by atoms with Crippen LogP contribution >= 0.6 is 12.2 Å². The van der Waals surface area contributed by atoms with Crippen molar-refractivity contribution in [3.05, 3.63) is 64.7 Å². The lowest BCUT2D eigenvalue weighted by molar-refractivity contribution is 0.0697. The molecule has 8 heteroatoms. The van der Waals surface area contributed by atoms with Crippen LogP contribution < -0.4 is 0 Å². The van der Waals surface area contributed by atoms with Gasteiger partial charge in [0.2, 0.25) is 4.77 Å². The Labute approximate surface area is 136 Å². The summed E-state index contributed by atoms with van der Waals surface area (Å²) in [5.41, 5.74) is 1.37. The van der Waals surface area contributed by atoms with Crippen molar-refractivity contribution in [3.63, 3.8) is 0 Å². The van der Waals surface area contributed by atoms with E-state index < -0.39 is 5.97 Å². The van der Waals surface area contributed by atoms with Gasteiger partial charge >= 0.3 is 5.97 Å². The minimum atomic E-state index is -1.02. The minimum absolute atomic E-state index is 0.161. The Balaban J connectivity index is 2.04. The van der Waals surface area contributed by atoms with E-state index in [0.717, 1.165) is 5.56 Å². The topological polar surface area (TPSA) is 96.2 Å². The molecular formula is C15H11N5O2S. The maximum atomic E-state index is 11.2. The highest BCUT2D eigenvalue weighted by molar-refractivity contribution is 7.71. The molecule has 1 aromatic carbocycles. The SMILES string of the molecule is O=C(O)c1ccccc1/C=N\n1c(-c2cccnc2)n[nH]c1=S. The first-order valence-electron chi connectivity index (χ1n) is 6.61. The van der Waals surface area contributed by atoms with Gasteiger partial charge in [0.05, 0.1) is 11.8 Å². The fraction of sp³-hybridized carbons (Fsp3) is 0. The summed E-state index contributed by atoms with van der Waals surface area (Å²) < 4.78 is 1.72. The van der Waals surface area contributed by atoms with E-state index in [-0.39, 0.29) is 5.56 Å². The van der Waals surface area contributed by atoms with Gasteiger partial charge in [0.25, 0.3) is 0 Å². The average Bonchev–Trinajstić information content (AvgIpc) is 2.94. The summed E-state index contributed by atoms with van der Waals surface area (Å²) in [6, 6.07) is 10.2. The zero-order valence-corrected chi connectivity index (χ0v) is 12.6. The molecule has 0 saturated heterocycles. The molecule has 0 unspecified atom stereocenters. The number of H-pyrrole nitrogens is 1. The number of nitrogens with zero attached hydrogens (tertiary/aromatic N) is 4. The molecule has 0 spiro atoms. The van der Waals surface area contributed by atoms with Crippen LogP contribution in [-0.4, -0.2) is 37.1 Å². The Bertz CT molecular complexity index is 930. The van der Waals surface area contributed by atoms with E-state index in [9.17, 15) is 9.90 Å². The van der Waals surface area contributed by atoms with Crippen molar-refractivity contribution < 1.29 is 9.90 Å². The second-order valence-corrected chi connectivity index (χ2v) is 4.93. The summed E-state index contributed by atoms with van der Waals surface area (Å²) in [7, 11) is 0. The fourth-order valence-corrected chi connectivity index (χ4v) is 2.18. The highest BCUT2D eigenvalue weighted by atomic mass is 32.1. The number of carboxylic acid groups (broad SMARTS) is 1. The average molecular weight is 325 g/mol. The van der Waals surface area contributed by atoms with Crippen molar-refractivity contribution in [1.29, 1.82) is 0 Å². The van der Waals surface area contributed by atoms with Crippen molar-refractivity contribution in [2.75, 3.05) is 0 Å². The molecule has 0 amide bonds. The summed E-state index contributed by atoms with van der Waals surface area (Å²) in [4.78, 5) is 15.3. The number of aromatic amines is 1. The number of rotatable bonds is 4. The zero-order chi connectivity index (χ0) is 16.2. The Morgan fingerprint density at radius 3 is 2.87 bits per heavy atom. The zero-order valence-electron chi connectivity index (χ0n) is 11.7. The normalized spacial score (nSPS) is 11.0. The van der Waals surface area contributed by atoms with Crippen LogP contribution in [0, 0.1) is 4.77 Å². The van der Waals surface area contributed by atoms with Gasteiger partial charge in [-0.15, -0.1) is 0 Å². The molecule has 0 radical (unpaired) electrons. The number of hydrogen-bond donors (Lipinski definition) is 2. The molecule has 0 fully saturated rings. The third-order valence-electron chi connectivity index (χ3n) is 3.07. The van der Waals surface area contributed by atoms with Crippen LogP contribution in [0.3, 0.4) is 0 Å². The van der Waals surface area contributed by atoms with Crippen LogP contribution in [0.1, 0.15) is 15.9 Å². The Morgan fingerprint density at radius 2 is 2.13 bits per heavy atom. The number of hydrogen-bond acceptors (Lipinski definition) is 5. The van der Waals surface area contributed by atoms with Crippen molar-refractivity contribution in [3.8, 4) is 11.4 Å². The van der Waals surface area contributed by atoms with Crippen LogP contribution in [0.5, 0.6) is 0 Å². The summed E-state index contributed by atoms with van der Waals surface area (Å²) in [5, 5.41) is 20.3. The van der Waals surface area contributed by atoms with Gasteiger partial charge in [0.15, 0.2) is 5.82 Å². The highest BCUT2D eigenvalue weighted by Gasteiger charge is 2.09. The molecule has 23 heavy (non-hydrogen) atoms.